The monoisotopic (exact) mass is 308 g/mol. The van der Waals surface area contributed by atoms with E-state index in [9.17, 15) is 20.0 Å². The lowest BCUT2D eigenvalue weighted by molar-refractivity contribution is -0.385. The molecule has 0 spiro atoms. The molecule has 118 valence electrons. The third-order valence-corrected chi connectivity index (χ3v) is 3.20. The fourth-order valence-corrected chi connectivity index (χ4v) is 1.97. The van der Waals surface area contributed by atoms with Crippen LogP contribution in [-0.2, 0) is 12.6 Å². The molecule has 2 aromatic rings. The first-order chi connectivity index (χ1) is 10.2. The van der Waals surface area contributed by atoms with E-state index in [0.29, 0.717) is 11.5 Å². The number of nitro groups is 1. The Morgan fingerprint density at radius 3 is 2.82 bits per heavy atom. The van der Waals surface area contributed by atoms with Gasteiger partial charge in [0.2, 0.25) is 5.69 Å². The van der Waals surface area contributed by atoms with E-state index < -0.39 is 22.1 Å². The van der Waals surface area contributed by atoms with Gasteiger partial charge in [0.25, 0.3) is 5.91 Å². The summed E-state index contributed by atoms with van der Waals surface area (Å²) in [5, 5.41) is 27.4. The molecule has 0 saturated carbocycles. The zero-order valence-electron chi connectivity index (χ0n) is 12.4. The third-order valence-electron chi connectivity index (χ3n) is 3.20. The Hall–Kier alpha value is -2.68. The Morgan fingerprint density at radius 1 is 1.59 bits per heavy atom. The molecule has 1 atom stereocenters. The molecular formula is C13H16N4O5. The quantitative estimate of drug-likeness (QED) is 0.624. The van der Waals surface area contributed by atoms with E-state index in [1.807, 2.05) is 0 Å². The Balaban J connectivity index is 2.13. The predicted molar refractivity (Wildman–Crippen MR) is 75.2 cm³/mol. The molecule has 22 heavy (non-hydrogen) atoms. The highest BCUT2D eigenvalue weighted by atomic mass is 16.6. The highest BCUT2D eigenvalue weighted by Gasteiger charge is 2.30. The van der Waals surface area contributed by atoms with Crippen molar-refractivity contribution in [2.24, 2.45) is 7.05 Å². The fraction of sp³-hybridized carbons (Fsp3) is 0.385. The maximum atomic E-state index is 12.1. The summed E-state index contributed by atoms with van der Waals surface area (Å²) in [6.07, 6.45) is 1.00. The number of hydrogen-bond acceptors (Lipinski definition) is 6. The van der Waals surface area contributed by atoms with Crippen molar-refractivity contribution in [3.63, 3.8) is 0 Å². The molecule has 0 aliphatic heterocycles. The van der Waals surface area contributed by atoms with Gasteiger partial charge >= 0.3 is 5.69 Å². The van der Waals surface area contributed by atoms with Crippen molar-refractivity contribution in [2.75, 3.05) is 6.54 Å². The van der Waals surface area contributed by atoms with Crippen LogP contribution in [0.3, 0.4) is 0 Å². The first-order valence-electron chi connectivity index (χ1n) is 6.46. The van der Waals surface area contributed by atoms with Gasteiger partial charge in [0.15, 0.2) is 0 Å². The van der Waals surface area contributed by atoms with Gasteiger partial charge in [0.1, 0.15) is 23.3 Å². The van der Waals surface area contributed by atoms with Crippen molar-refractivity contribution in [1.29, 1.82) is 0 Å². The molecule has 2 heterocycles. The molecule has 9 nitrogen and oxygen atoms in total. The highest BCUT2D eigenvalue weighted by Crippen LogP contribution is 2.22. The average molecular weight is 308 g/mol. The maximum Gasteiger partial charge on any atom is 0.320 e. The van der Waals surface area contributed by atoms with Crippen LogP contribution >= 0.6 is 0 Å². The number of rotatable bonds is 5. The Labute approximate surface area is 125 Å². The zero-order valence-corrected chi connectivity index (χ0v) is 12.4. The van der Waals surface area contributed by atoms with Crippen molar-refractivity contribution >= 4 is 11.6 Å². The summed E-state index contributed by atoms with van der Waals surface area (Å²) in [5.74, 6) is 0.226. The number of furan rings is 1. The van der Waals surface area contributed by atoms with E-state index in [1.54, 1.807) is 19.1 Å². The molecule has 0 bridgehead atoms. The predicted octanol–water partition coefficient (Wildman–Crippen LogP) is 0.867. The minimum Gasteiger partial charge on any atom is -0.463 e. The number of aromatic nitrogens is 2. The first kappa shape index (κ1) is 15.7. The summed E-state index contributed by atoms with van der Waals surface area (Å²) in [7, 11) is 1.43. The van der Waals surface area contributed by atoms with Crippen LogP contribution in [0.4, 0.5) is 5.69 Å². The fourth-order valence-electron chi connectivity index (χ4n) is 1.97. The van der Waals surface area contributed by atoms with E-state index in [2.05, 4.69) is 10.4 Å². The second-order valence-corrected chi connectivity index (χ2v) is 5.13. The molecule has 0 aromatic carbocycles. The summed E-state index contributed by atoms with van der Waals surface area (Å²) >= 11 is 0. The molecule has 9 heteroatoms. The summed E-state index contributed by atoms with van der Waals surface area (Å²) in [6.45, 7) is 3.04. The van der Waals surface area contributed by atoms with Gasteiger partial charge in [-0.1, -0.05) is 0 Å². The normalized spacial score (nSPS) is 13.6. The summed E-state index contributed by atoms with van der Waals surface area (Å²) in [4.78, 5) is 22.3. The largest absolute Gasteiger partial charge is 0.463 e. The number of carbonyl (C=O) groups excluding carboxylic acids is 1. The van der Waals surface area contributed by atoms with E-state index in [4.69, 9.17) is 4.42 Å². The molecule has 1 unspecified atom stereocenters. The van der Waals surface area contributed by atoms with E-state index in [1.165, 1.54) is 14.0 Å². The molecule has 2 N–H and O–H groups in total. The Bertz CT molecular complexity index is 716. The number of aliphatic hydroxyl groups is 1. The van der Waals surface area contributed by atoms with Crippen molar-refractivity contribution in [3.05, 3.63) is 45.7 Å². The van der Waals surface area contributed by atoms with Crippen LogP contribution in [0.15, 0.2) is 22.7 Å². The standard InChI is InChI=1S/C13H16N4O5/c1-8-4-5-10(22-8)13(2,19)7-14-12(18)11-9(17(20)21)6-15-16(11)3/h4-6,19H,7H2,1-3H3,(H,14,18). The number of hydrogen-bond donors (Lipinski definition) is 2. The molecule has 2 rings (SSSR count). The topological polar surface area (TPSA) is 123 Å². The molecule has 0 radical (unpaired) electrons. The number of carbonyl (C=O) groups is 1. The van der Waals surface area contributed by atoms with Crippen molar-refractivity contribution < 1.29 is 19.2 Å². The van der Waals surface area contributed by atoms with Crippen LogP contribution in [-0.4, -0.2) is 32.3 Å². The first-order valence-corrected chi connectivity index (χ1v) is 6.46. The van der Waals surface area contributed by atoms with Gasteiger partial charge in [-0.2, -0.15) is 5.10 Å². The van der Waals surface area contributed by atoms with Gasteiger partial charge in [-0.25, -0.2) is 0 Å². The molecule has 0 fully saturated rings. The van der Waals surface area contributed by atoms with E-state index >= 15 is 0 Å². The number of amides is 1. The van der Waals surface area contributed by atoms with E-state index in [-0.39, 0.29) is 12.2 Å². The summed E-state index contributed by atoms with van der Waals surface area (Å²) < 4.78 is 6.44. The van der Waals surface area contributed by atoms with Crippen LogP contribution in [0.5, 0.6) is 0 Å². The van der Waals surface area contributed by atoms with Crippen molar-refractivity contribution in [3.8, 4) is 0 Å². The van der Waals surface area contributed by atoms with Gasteiger partial charge in [-0.15, -0.1) is 0 Å². The highest BCUT2D eigenvalue weighted by molar-refractivity contribution is 5.96. The lowest BCUT2D eigenvalue weighted by Gasteiger charge is -2.21. The van der Waals surface area contributed by atoms with Crippen LogP contribution in [0.2, 0.25) is 0 Å². The van der Waals surface area contributed by atoms with Gasteiger partial charge in [-0.3, -0.25) is 19.6 Å². The van der Waals surface area contributed by atoms with Crippen LogP contribution in [0.1, 0.15) is 28.9 Å². The van der Waals surface area contributed by atoms with Gasteiger partial charge in [0, 0.05) is 7.05 Å². The van der Waals surface area contributed by atoms with Crippen molar-refractivity contribution in [2.45, 2.75) is 19.4 Å². The third kappa shape index (κ3) is 2.98. The number of nitrogens with one attached hydrogen (secondary N) is 1. The molecule has 0 aliphatic carbocycles. The average Bonchev–Trinajstić information content (AvgIpc) is 3.02. The number of nitrogens with zero attached hydrogens (tertiary/aromatic N) is 3. The molecule has 0 aliphatic rings. The minimum atomic E-state index is -1.43. The smallest absolute Gasteiger partial charge is 0.320 e. The Morgan fingerprint density at radius 2 is 2.27 bits per heavy atom. The maximum absolute atomic E-state index is 12.1. The lowest BCUT2D eigenvalue weighted by Crippen LogP contribution is -2.39. The van der Waals surface area contributed by atoms with E-state index in [0.717, 1.165) is 10.9 Å². The van der Waals surface area contributed by atoms with Crippen LogP contribution in [0.25, 0.3) is 0 Å². The lowest BCUT2D eigenvalue weighted by atomic mass is 10.0. The number of aryl methyl sites for hydroxylation is 2. The van der Waals surface area contributed by atoms with Gasteiger partial charge < -0.3 is 14.8 Å². The minimum absolute atomic E-state index is 0.166. The van der Waals surface area contributed by atoms with Crippen LogP contribution < -0.4 is 5.32 Å². The zero-order chi connectivity index (χ0) is 16.5. The van der Waals surface area contributed by atoms with Gasteiger partial charge in [0.05, 0.1) is 11.5 Å². The second-order valence-electron chi connectivity index (χ2n) is 5.13. The van der Waals surface area contributed by atoms with Crippen molar-refractivity contribution in [1.82, 2.24) is 15.1 Å². The summed E-state index contributed by atoms with van der Waals surface area (Å²) in [6, 6.07) is 3.30. The Kier molecular flexibility index (Phi) is 4.00. The molecule has 2 aromatic heterocycles. The molecular weight excluding hydrogens is 292 g/mol. The SMILES string of the molecule is Cc1ccc(C(C)(O)CNC(=O)c2c([N+](=O)[O-])cnn2C)o1. The molecule has 0 saturated heterocycles. The van der Waals surface area contributed by atoms with Crippen LogP contribution in [0, 0.1) is 17.0 Å². The van der Waals surface area contributed by atoms with Gasteiger partial charge in [-0.05, 0) is 26.0 Å². The molecule has 1 amide bonds. The second kappa shape index (κ2) is 5.60. The summed E-state index contributed by atoms with van der Waals surface area (Å²) in [5.41, 5.74) is -2.01.